The van der Waals surface area contributed by atoms with Crippen LogP contribution in [0.5, 0.6) is 0 Å². The predicted octanol–water partition coefficient (Wildman–Crippen LogP) is 17.4. The zero-order valence-corrected chi connectivity index (χ0v) is 41.5. The monoisotopic (exact) mass is 889 g/mol. The molecule has 0 radical (unpaired) electrons. The molecule has 0 saturated heterocycles. The van der Waals surface area contributed by atoms with Gasteiger partial charge in [-0.2, -0.15) is 0 Å². The molecule has 0 N–H and O–H groups in total. The molecule has 6 heteroatoms. The highest BCUT2D eigenvalue weighted by Gasteiger charge is 2.19. The second kappa shape index (κ2) is 52.0. The van der Waals surface area contributed by atoms with Crippen LogP contribution in [0.2, 0.25) is 0 Å². The van der Waals surface area contributed by atoms with E-state index < -0.39 is 6.10 Å². The molecule has 0 heterocycles. The van der Waals surface area contributed by atoms with E-state index in [1.54, 1.807) is 0 Å². The molecule has 0 aliphatic rings. The van der Waals surface area contributed by atoms with E-state index in [4.69, 9.17) is 14.2 Å². The summed E-state index contributed by atoms with van der Waals surface area (Å²) in [6.45, 7) is 6.40. The maximum Gasteiger partial charge on any atom is 0.306 e. The number of hydrogen-bond acceptors (Lipinski definition) is 6. The predicted molar refractivity (Wildman–Crippen MR) is 274 cm³/mol. The van der Waals surface area contributed by atoms with Gasteiger partial charge >= 0.3 is 17.9 Å². The molecule has 1 unspecified atom stereocenters. The van der Waals surface area contributed by atoms with Gasteiger partial charge in [0.1, 0.15) is 13.2 Å². The van der Waals surface area contributed by atoms with Crippen LogP contribution in [0, 0.1) is 0 Å². The Labute approximate surface area is 394 Å². The van der Waals surface area contributed by atoms with Crippen LogP contribution >= 0.6 is 0 Å². The van der Waals surface area contributed by atoms with Gasteiger partial charge in [0.25, 0.3) is 0 Å². The molecule has 0 rings (SSSR count). The van der Waals surface area contributed by atoms with Crippen LogP contribution in [0.25, 0.3) is 0 Å². The molecule has 0 fully saturated rings. The van der Waals surface area contributed by atoms with E-state index in [0.717, 1.165) is 128 Å². The molecule has 0 aromatic carbocycles. The number of carbonyl (C=O) groups excluding carboxylic acids is 3. The van der Waals surface area contributed by atoms with E-state index in [9.17, 15) is 14.4 Å². The van der Waals surface area contributed by atoms with Crippen LogP contribution in [0.4, 0.5) is 0 Å². The summed E-state index contributed by atoms with van der Waals surface area (Å²) in [6.07, 6.45) is 68.2. The first-order valence-corrected chi connectivity index (χ1v) is 26.2. The fraction of sp³-hybridized carbons (Fsp3) is 0.672. The lowest BCUT2D eigenvalue weighted by atomic mass is 10.1. The van der Waals surface area contributed by atoms with Crippen LogP contribution in [0.3, 0.4) is 0 Å². The van der Waals surface area contributed by atoms with Crippen molar-refractivity contribution < 1.29 is 28.6 Å². The summed E-state index contributed by atoms with van der Waals surface area (Å²) in [6, 6.07) is 0. The molecule has 0 amide bonds. The fourth-order valence-corrected chi connectivity index (χ4v) is 6.83. The van der Waals surface area contributed by atoms with Crippen LogP contribution in [-0.4, -0.2) is 37.2 Å². The molecule has 64 heavy (non-hydrogen) atoms. The Kier molecular flexibility index (Phi) is 49.0. The van der Waals surface area contributed by atoms with E-state index in [2.05, 4.69) is 118 Å². The topological polar surface area (TPSA) is 78.9 Å². The molecule has 6 nitrogen and oxygen atoms in total. The molecule has 0 spiro atoms. The minimum Gasteiger partial charge on any atom is -0.462 e. The van der Waals surface area contributed by atoms with Gasteiger partial charge in [-0.25, -0.2) is 0 Å². The molecule has 0 saturated carbocycles. The van der Waals surface area contributed by atoms with E-state index in [0.29, 0.717) is 19.3 Å². The SMILES string of the molecule is CC/C=C\C/C=C\C/C=C\C/C=C\C/C=C\CCCCCC(=O)OCC(COC(=O)CCCCCC/C=C\CCCC)OC(=O)CCCCCCCCC/C=C\C/C=C\CCCCC. The first-order chi connectivity index (χ1) is 31.5. The van der Waals surface area contributed by atoms with E-state index in [1.165, 1.54) is 64.2 Å². The lowest BCUT2D eigenvalue weighted by Crippen LogP contribution is -2.30. The lowest BCUT2D eigenvalue weighted by Gasteiger charge is -2.18. The maximum atomic E-state index is 12.8. The standard InChI is InChI=1S/C58H96O6/c1-4-7-10-13-16-19-22-24-26-28-29-31-32-34-36-39-42-45-48-51-57(60)63-54-55(53-62-56(59)50-47-44-41-38-21-18-15-12-9-6-3)64-58(61)52-49-46-43-40-37-35-33-30-27-25-23-20-17-14-11-8-5-2/h7,10,15-20,24-27,29,31,34,36,55H,4-6,8-9,11-14,21-23,28,30,32-33,35,37-54H2,1-3H3/b10-7-,18-15-,19-16-,20-17-,26-24-,27-25-,31-29-,36-34-. The number of allylic oxidation sites excluding steroid dienone is 16. The van der Waals surface area contributed by atoms with Gasteiger partial charge in [-0.1, -0.05) is 195 Å². The highest BCUT2D eigenvalue weighted by atomic mass is 16.6. The highest BCUT2D eigenvalue weighted by Crippen LogP contribution is 2.13. The average molecular weight is 889 g/mol. The van der Waals surface area contributed by atoms with Crippen molar-refractivity contribution in [3.63, 3.8) is 0 Å². The molecule has 0 aromatic heterocycles. The van der Waals surface area contributed by atoms with Gasteiger partial charge in [0.05, 0.1) is 0 Å². The highest BCUT2D eigenvalue weighted by molar-refractivity contribution is 5.71. The Morgan fingerprint density at radius 2 is 0.625 bits per heavy atom. The number of unbranched alkanes of at least 4 members (excludes halogenated alkanes) is 19. The van der Waals surface area contributed by atoms with Gasteiger partial charge in [-0.15, -0.1) is 0 Å². The molecule has 1 atom stereocenters. The van der Waals surface area contributed by atoms with Crippen molar-refractivity contribution in [3.8, 4) is 0 Å². The Morgan fingerprint density at radius 1 is 0.328 bits per heavy atom. The molecular weight excluding hydrogens is 793 g/mol. The number of ether oxygens (including phenoxy) is 3. The minimum atomic E-state index is -0.800. The molecule has 0 aromatic rings. The molecule has 0 aliphatic carbocycles. The second-order valence-electron chi connectivity index (χ2n) is 17.0. The Hall–Kier alpha value is -3.67. The summed E-state index contributed by atoms with van der Waals surface area (Å²) < 4.78 is 16.7. The Balaban J connectivity index is 4.44. The Bertz CT molecular complexity index is 1300. The number of esters is 3. The first-order valence-electron chi connectivity index (χ1n) is 26.2. The van der Waals surface area contributed by atoms with Crippen LogP contribution < -0.4 is 0 Å². The van der Waals surface area contributed by atoms with Gasteiger partial charge in [0, 0.05) is 19.3 Å². The lowest BCUT2D eigenvalue weighted by molar-refractivity contribution is -0.167. The molecular formula is C58H96O6. The third kappa shape index (κ3) is 49.3. The van der Waals surface area contributed by atoms with Crippen LogP contribution in [-0.2, 0) is 28.6 Å². The summed E-state index contributed by atoms with van der Waals surface area (Å²) in [5, 5.41) is 0. The van der Waals surface area contributed by atoms with Crippen LogP contribution in [0.1, 0.15) is 233 Å². The summed E-state index contributed by atoms with van der Waals surface area (Å²) in [5.74, 6) is -0.956. The van der Waals surface area contributed by atoms with E-state index >= 15 is 0 Å². The van der Waals surface area contributed by atoms with Gasteiger partial charge in [0.15, 0.2) is 6.10 Å². The maximum absolute atomic E-state index is 12.8. The minimum absolute atomic E-state index is 0.0986. The van der Waals surface area contributed by atoms with Crippen molar-refractivity contribution in [1.82, 2.24) is 0 Å². The summed E-state index contributed by atoms with van der Waals surface area (Å²) in [7, 11) is 0. The van der Waals surface area contributed by atoms with Gasteiger partial charge in [0.2, 0.25) is 0 Å². The molecule has 0 bridgehead atoms. The number of carbonyl (C=O) groups is 3. The van der Waals surface area contributed by atoms with Crippen molar-refractivity contribution in [2.75, 3.05) is 13.2 Å². The summed E-state index contributed by atoms with van der Waals surface area (Å²) in [4.78, 5) is 38.0. The van der Waals surface area contributed by atoms with Crippen molar-refractivity contribution in [1.29, 1.82) is 0 Å². The zero-order valence-electron chi connectivity index (χ0n) is 41.5. The summed E-state index contributed by atoms with van der Waals surface area (Å²) >= 11 is 0. The number of hydrogen-bond donors (Lipinski definition) is 0. The largest absolute Gasteiger partial charge is 0.462 e. The third-order valence-electron chi connectivity index (χ3n) is 10.8. The second-order valence-corrected chi connectivity index (χ2v) is 17.0. The number of rotatable bonds is 46. The quantitative estimate of drug-likeness (QED) is 0.0262. The third-order valence-corrected chi connectivity index (χ3v) is 10.8. The molecule has 0 aliphatic heterocycles. The van der Waals surface area contributed by atoms with E-state index in [1.807, 2.05) is 0 Å². The van der Waals surface area contributed by atoms with Gasteiger partial charge in [-0.3, -0.25) is 14.4 Å². The average Bonchev–Trinajstić information content (AvgIpc) is 3.29. The van der Waals surface area contributed by atoms with E-state index in [-0.39, 0.29) is 31.1 Å². The van der Waals surface area contributed by atoms with Gasteiger partial charge < -0.3 is 14.2 Å². The van der Waals surface area contributed by atoms with Crippen molar-refractivity contribution in [2.45, 2.75) is 239 Å². The van der Waals surface area contributed by atoms with Crippen molar-refractivity contribution >= 4 is 17.9 Å². The van der Waals surface area contributed by atoms with Gasteiger partial charge in [-0.05, 0) is 116 Å². The molecule has 364 valence electrons. The normalized spacial score (nSPS) is 12.9. The smallest absolute Gasteiger partial charge is 0.306 e. The van der Waals surface area contributed by atoms with Crippen molar-refractivity contribution in [2.24, 2.45) is 0 Å². The Morgan fingerprint density at radius 3 is 1.03 bits per heavy atom. The van der Waals surface area contributed by atoms with Crippen LogP contribution in [0.15, 0.2) is 97.2 Å². The zero-order chi connectivity index (χ0) is 46.5. The fourth-order valence-electron chi connectivity index (χ4n) is 6.83. The van der Waals surface area contributed by atoms with Crippen molar-refractivity contribution in [3.05, 3.63) is 97.2 Å². The first kappa shape index (κ1) is 60.3. The summed E-state index contributed by atoms with van der Waals surface area (Å²) in [5.41, 5.74) is 0.